The first kappa shape index (κ1) is 26.6. The van der Waals surface area contributed by atoms with Crippen LogP contribution in [-0.4, -0.2) is 50.0 Å². The van der Waals surface area contributed by atoms with Gasteiger partial charge in [-0.15, -0.1) is 0 Å². The summed E-state index contributed by atoms with van der Waals surface area (Å²) in [6.45, 7) is 6.79. The molecule has 0 aliphatic rings. The Kier molecular flexibility index (Phi) is 14.3. The predicted octanol–water partition coefficient (Wildman–Crippen LogP) is 5.50. The van der Waals surface area contributed by atoms with Crippen LogP contribution in [0, 0.1) is 6.92 Å². The van der Waals surface area contributed by atoms with Gasteiger partial charge in [-0.05, 0) is 44.7 Å². The monoisotopic (exact) mass is 463 g/mol. The maximum Gasteiger partial charge on any atom is 0.124 e. The Hall–Kier alpha value is -0.430. The molecule has 4 nitrogen and oxygen atoms in total. The molecule has 0 saturated carbocycles. The third-order valence-corrected chi connectivity index (χ3v) is 5.98. The number of aryl methyl sites for hydroxylation is 1. The maximum atomic E-state index is 10.4. The van der Waals surface area contributed by atoms with Gasteiger partial charge in [0.1, 0.15) is 10.1 Å². The summed E-state index contributed by atoms with van der Waals surface area (Å²) in [5, 5.41) is 1.16. The van der Waals surface area contributed by atoms with E-state index in [1.807, 2.05) is 6.92 Å². The van der Waals surface area contributed by atoms with Crippen molar-refractivity contribution >= 4 is 26.0 Å². The molecule has 1 aromatic carbocycles. The summed E-state index contributed by atoms with van der Waals surface area (Å²) >= 11 is 3.50. The van der Waals surface area contributed by atoms with E-state index in [0.29, 0.717) is 0 Å². The van der Waals surface area contributed by atoms with Crippen LogP contribution < -0.4 is 0 Å². The first-order valence-corrected chi connectivity index (χ1v) is 12.6. The van der Waals surface area contributed by atoms with Crippen LogP contribution >= 0.6 is 15.9 Å². The SMILES string of the molecule is CCCCCCCC[N+](C)(C)CCCCBr.Cc1ccc(S(=O)(=O)[O-])cc1. The normalized spacial score (nSPS) is 11.8. The van der Waals surface area contributed by atoms with E-state index in [0.717, 1.165) is 10.9 Å². The van der Waals surface area contributed by atoms with Crippen LogP contribution in [0.3, 0.4) is 0 Å². The lowest BCUT2D eigenvalue weighted by molar-refractivity contribution is -0.890. The molecule has 1 rings (SSSR count). The molecule has 0 spiro atoms. The largest absolute Gasteiger partial charge is 0.744 e. The van der Waals surface area contributed by atoms with Crippen molar-refractivity contribution in [3.8, 4) is 0 Å². The smallest absolute Gasteiger partial charge is 0.124 e. The summed E-state index contributed by atoms with van der Waals surface area (Å²) in [7, 11) is 0.481. The quantitative estimate of drug-likeness (QED) is 0.178. The topological polar surface area (TPSA) is 57.2 Å². The maximum absolute atomic E-state index is 10.4. The van der Waals surface area contributed by atoms with Crippen LogP contribution in [0.4, 0.5) is 0 Å². The standard InChI is InChI=1S/C14H31BrN.C7H8O3S/c1-4-5-6-7-8-10-13-16(2,3)14-11-9-12-15;1-6-2-4-7(5-3-6)11(8,9)10/h4-14H2,1-3H3;2-5H,1H3,(H,8,9,10)/q+1;/p-1. The molecule has 0 radical (unpaired) electrons. The molecule has 0 aliphatic heterocycles. The van der Waals surface area contributed by atoms with E-state index in [1.165, 1.54) is 81.1 Å². The summed E-state index contributed by atoms with van der Waals surface area (Å²) in [5.74, 6) is 0. The van der Waals surface area contributed by atoms with Crippen molar-refractivity contribution < 1.29 is 17.5 Å². The van der Waals surface area contributed by atoms with E-state index in [1.54, 1.807) is 12.1 Å². The second kappa shape index (κ2) is 14.6. The first-order valence-electron chi connectivity index (χ1n) is 10.0. The molecular formula is C21H38BrNO3S. The van der Waals surface area contributed by atoms with Crippen molar-refractivity contribution in [2.24, 2.45) is 0 Å². The first-order chi connectivity index (χ1) is 12.6. The molecule has 6 heteroatoms. The van der Waals surface area contributed by atoms with Gasteiger partial charge in [0.25, 0.3) is 0 Å². The number of alkyl halides is 1. The number of quaternary nitrogens is 1. The molecule has 0 atom stereocenters. The van der Waals surface area contributed by atoms with Crippen LogP contribution in [0.25, 0.3) is 0 Å². The molecular weight excluding hydrogens is 426 g/mol. The fourth-order valence-electron chi connectivity index (χ4n) is 2.77. The summed E-state index contributed by atoms with van der Waals surface area (Å²) < 4.78 is 32.4. The van der Waals surface area contributed by atoms with Crippen LogP contribution in [0.1, 0.15) is 63.9 Å². The van der Waals surface area contributed by atoms with Crippen molar-refractivity contribution in [1.29, 1.82) is 0 Å². The molecule has 0 heterocycles. The highest BCUT2D eigenvalue weighted by molar-refractivity contribution is 9.09. The fourth-order valence-corrected chi connectivity index (χ4v) is 3.64. The van der Waals surface area contributed by atoms with Gasteiger partial charge in [0.15, 0.2) is 0 Å². The predicted molar refractivity (Wildman–Crippen MR) is 117 cm³/mol. The van der Waals surface area contributed by atoms with Gasteiger partial charge in [0, 0.05) is 5.33 Å². The lowest BCUT2D eigenvalue weighted by Crippen LogP contribution is -2.41. The van der Waals surface area contributed by atoms with Crippen molar-refractivity contribution in [2.75, 3.05) is 32.5 Å². The van der Waals surface area contributed by atoms with Gasteiger partial charge in [-0.3, -0.25) is 0 Å². The fraction of sp³-hybridized carbons (Fsp3) is 0.714. The van der Waals surface area contributed by atoms with E-state index in [-0.39, 0.29) is 4.90 Å². The minimum Gasteiger partial charge on any atom is -0.744 e. The summed E-state index contributed by atoms with van der Waals surface area (Å²) in [6, 6.07) is 5.78. The van der Waals surface area contributed by atoms with Gasteiger partial charge in [0.2, 0.25) is 0 Å². The van der Waals surface area contributed by atoms with Crippen LogP contribution in [0.2, 0.25) is 0 Å². The Morgan fingerprint density at radius 2 is 1.37 bits per heavy atom. The molecule has 0 aromatic heterocycles. The Bertz CT molecular complexity index is 586. The van der Waals surface area contributed by atoms with Crippen molar-refractivity contribution in [1.82, 2.24) is 0 Å². The highest BCUT2D eigenvalue weighted by atomic mass is 79.9. The van der Waals surface area contributed by atoms with Crippen LogP contribution in [-0.2, 0) is 10.1 Å². The lowest BCUT2D eigenvalue weighted by Gasteiger charge is -2.29. The Morgan fingerprint density at radius 1 is 0.889 bits per heavy atom. The summed E-state index contributed by atoms with van der Waals surface area (Å²) in [6.07, 6.45) is 11.2. The van der Waals surface area contributed by atoms with Gasteiger partial charge < -0.3 is 9.04 Å². The average Bonchev–Trinajstić information content (AvgIpc) is 2.58. The molecule has 1 aromatic rings. The minimum absolute atomic E-state index is 0.178. The number of halogens is 1. The van der Waals surface area contributed by atoms with Crippen molar-refractivity contribution in [3.63, 3.8) is 0 Å². The van der Waals surface area contributed by atoms with E-state index < -0.39 is 10.1 Å². The van der Waals surface area contributed by atoms with Gasteiger partial charge in [-0.25, -0.2) is 8.42 Å². The molecule has 0 fully saturated rings. The highest BCUT2D eigenvalue weighted by Crippen LogP contribution is 2.10. The molecule has 0 N–H and O–H groups in total. The Labute approximate surface area is 175 Å². The van der Waals surface area contributed by atoms with Crippen LogP contribution in [0.15, 0.2) is 29.2 Å². The molecule has 158 valence electrons. The van der Waals surface area contributed by atoms with Gasteiger partial charge in [0.05, 0.1) is 32.1 Å². The van der Waals surface area contributed by atoms with Gasteiger partial charge in [-0.1, -0.05) is 66.2 Å². The third kappa shape index (κ3) is 15.2. The minimum atomic E-state index is -4.27. The van der Waals surface area contributed by atoms with Gasteiger partial charge in [-0.2, -0.15) is 0 Å². The number of hydrogen-bond acceptors (Lipinski definition) is 3. The second-order valence-electron chi connectivity index (χ2n) is 7.81. The summed E-state index contributed by atoms with van der Waals surface area (Å²) in [4.78, 5) is -0.178. The molecule has 0 unspecified atom stereocenters. The molecule has 27 heavy (non-hydrogen) atoms. The van der Waals surface area contributed by atoms with E-state index in [9.17, 15) is 13.0 Å². The van der Waals surface area contributed by atoms with Crippen molar-refractivity contribution in [3.05, 3.63) is 29.8 Å². The number of nitrogens with zero attached hydrogens (tertiary/aromatic N) is 1. The van der Waals surface area contributed by atoms with Crippen molar-refractivity contribution in [2.45, 2.75) is 70.1 Å². The molecule has 0 aliphatic carbocycles. The third-order valence-electron chi connectivity index (χ3n) is 4.57. The molecule has 0 bridgehead atoms. The van der Waals surface area contributed by atoms with Gasteiger partial charge >= 0.3 is 0 Å². The number of unbranched alkanes of at least 4 members (excludes halogenated alkanes) is 6. The zero-order chi connectivity index (χ0) is 20.8. The zero-order valence-corrected chi connectivity index (χ0v) is 19.9. The lowest BCUT2D eigenvalue weighted by atomic mass is 10.1. The second-order valence-corrected chi connectivity index (χ2v) is 9.99. The molecule has 0 saturated heterocycles. The Morgan fingerprint density at radius 3 is 1.85 bits per heavy atom. The number of benzene rings is 1. The Balaban J connectivity index is 0.000000533. The average molecular weight is 465 g/mol. The van der Waals surface area contributed by atoms with Crippen LogP contribution in [0.5, 0.6) is 0 Å². The van der Waals surface area contributed by atoms with E-state index >= 15 is 0 Å². The highest BCUT2D eigenvalue weighted by Gasteiger charge is 2.13. The summed E-state index contributed by atoms with van der Waals surface area (Å²) in [5.41, 5.74) is 0.928. The number of hydrogen-bond donors (Lipinski definition) is 0. The number of rotatable bonds is 12. The van der Waals surface area contributed by atoms with E-state index in [4.69, 9.17) is 0 Å². The van der Waals surface area contributed by atoms with E-state index in [2.05, 4.69) is 36.9 Å². The zero-order valence-electron chi connectivity index (χ0n) is 17.5. The molecule has 0 amide bonds.